The van der Waals surface area contributed by atoms with Crippen LogP contribution in [0.15, 0.2) is 36.4 Å². The molecule has 1 unspecified atom stereocenters. The molecule has 1 N–H and O–H groups in total. The van der Waals surface area contributed by atoms with Crippen LogP contribution in [-0.4, -0.2) is 24.7 Å². The second-order valence-corrected chi connectivity index (χ2v) is 7.11. The molecule has 1 fully saturated rings. The minimum atomic E-state index is 0.508. The highest BCUT2D eigenvalue weighted by Gasteiger charge is 2.16. The lowest BCUT2D eigenvalue weighted by atomic mass is 10.0. The molecular weight excluding hydrogens is 312 g/mol. The zero-order valence-corrected chi connectivity index (χ0v) is 15.4. The van der Waals surface area contributed by atoms with E-state index in [9.17, 15) is 0 Å². The summed E-state index contributed by atoms with van der Waals surface area (Å²) < 4.78 is 12.1. The summed E-state index contributed by atoms with van der Waals surface area (Å²) in [4.78, 5) is 4.53. The Bertz CT molecular complexity index is 677. The Morgan fingerprint density at radius 3 is 2.64 bits per heavy atom. The Labute approximate surface area is 150 Å². The predicted molar refractivity (Wildman–Crippen MR) is 101 cm³/mol. The van der Waals surface area contributed by atoms with Gasteiger partial charge in [0.25, 0.3) is 5.88 Å². The first-order valence-electron chi connectivity index (χ1n) is 9.21. The number of pyridine rings is 1. The molecule has 0 amide bonds. The summed E-state index contributed by atoms with van der Waals surface area (Å²) in [5.41, 5.74) is 2.21. The lowest BCUT2D eigenvalue weighted by Crippen LogP contribution is -2.33. The maximum absolute atomic E-state index is 6.04. The van der Waals surface area contributed by atoms with E-state index in [2.05, 4.69) is 36.3 Å². The highest BCUT2D eigenvalue weighted by atomic mass is 16.5. The molecule has 2 heterocycles. The molecule has 1 aromatic heterocycles. The first-order valence-corrected chi connectivity index (χ1v) is 9.21. The first kappa shape index (κ1) is 17.7. The fourth-order valence-electron chi connectivity index (χ4n) is 3.01. The van der Waals surface area contributed by atoms with E-state index < -0.39 is 0 Å². The van der Waals surface area contributed by atoms with Gasteiger partial charge in [0.05, 0.1) is 6.61 Å². The number of nitrogens with zero attached hydrogens (tertiary/aromatic N) is 1. The smallest absolute Gasteiger partial charge is 0.262 e. The standard InChI is InChI=1S/C21H28N2O2/c1-15(2)18-7-9-19(10-8-18)25-21-20(11-6-16(3)23-21)24-14-17-5-4-12-22-13-17/h6-11,15,17,22H,4-5,12-14H2,1-3H3. The summed E-state index contributed by atoms with van der Waals surface area (Å²) in [7, 11) is 0. The molecular formula is C21H28N2O2. The van der Waals surface area contributed by atoms with Crippen molar-refractivity contribution in [1.82, 2.24) is 10.3 Å². The van der Waals surface area contributed by atoms with Gasteiger partial charge in [-0.3, -0.25) is 0 Å². The average Bonchev–Trinajstić information content (AvgIpc) is 2.62. The zero-order valence-electron chi connectivity index (χ0n) is 15.4. The van der Waals surface area contributed by atoms with Gasteiger partial charge in [-0.05, 0) is 62.1 Å². The molecule has 1 saturated heterocycles. The molecule has 0 spiro atoms. The third-order valence-corrected chi connectivity index (χ3v) is 4.60. The molecule has 4 nitrogen and oxygen atoms in total. The molecule has 0 radical (unpaired) electrons. The van der Waals surface area contributed by atoms with Crippen molar-refractivity contribution < 1.29 is 9.47 Å². The zero-order chi connectivity index (χ0) is 17.6. The van der Waals surface area contributed by atoms with E-state index in [0.29, 0.717) is 30.1 Å². The van der Waals surface area contributed by atoms with Gasteiger partial charge in [0.2, 0.25) is 0 Å². The highest BCUT2D eigenvalue weighted by molar-refractivity contribution is 5.39. The van der Waals surface area contributed by atoms with Crippen LogP contribution in [-0.2, 0) is 0 Å². The molecule has 1 aliphatic heterocycles. The molecule has 25 heavy (non-hydrogen) atoms. The van der Waals surface area contributed by atoms with Gasteiger partial charge >= 0.3 is 0 Å². The van der Waals surface area contributed by atoms with E-state index in [4.69, 9.17) is 9.47 Å². The molecule has 1 atom stereocenters. The average molecular weight is 340 g/mol. The van der Waals surface area contributed by atoms with Gasteiger partial charge < -0.3 is 14.8 Å². The number of hydrogen-bond donors (Lipinski definition) is 1. The van der Waals surface area contributed by atoms with Crippen molar-refractivity contribution in [3.63, 3.8) is 0 Å². The number of aryl methyl sites for hydroxylation is 1. The number of nitrogens with one attached hydrogen (secondary N) is 1. The maximum atomic E-state index is 6.04. The van der Waals surface area contributed by atoms with Crippen LogP contribution in [0.2, 0.25) is 0 Å². The van der Waals surface area contributed by atoms with Gasteiger partial charge in [-0.15, -0.1) is 0 Å². The predicted octanol–water partition coefficient (Wildman–Crippen LogP) is 4.68. The van der Waals surface area contributed by atoms with E-state index in [-0.39, 0.29) is 0 Å². The minimum Gasteiger partial charge on any atom is -0.488 e. The van der Waals surface area contributed by atoms with Crippen LogP contribution in [0, 0.1) is 12.8 Å². The van der Waals surface area contributed by atoms with E-state index in [0.717, 1.165) is 24.5 Å². The van der Waals surface area contributed by atoms with Crippen molar-refractivity contribution in [3.05, 3.63) is 47.7 Å². The number of benzene rings is 1. The third-order valence-electron chi connectivity index (χ3n) is 4.60. The van der Waals surface area contributed by atoms with Gasteiger partial charge in [0.15, 0.2) is 5.75 Å². The summed E-state index contributed by atoms with van der Waals surface area (Å²) in [6.45, 7) is 9.16. The fourth-order valence-corrected chi connectivity index (χ4v) is 3.01. The van der Waals surface area contributed by atoms with Crippen LogP contribution in [0.5, 0.6) is 17.4 Å². The molecule has 0 aliphatic carbocycles. The third kappa shape index (κ3) is 4.95. The largest absolute Gasteiger partial charge is 0.488 e. The normalized spacial score (nSPS) is 17.5. The molecule has 134 valence electrons. The second-order valence-electron chi connectivity index (χ2n) is 7.11. The first-order chi connectivity index (χ1) is 12.1. The quantitative estimate of drug-likeness (QED) is 0.829. The number of aromatic nitrogens is 1. The van der Waals surface area contributed by atoms with Crippen LogP contribution in [0.3, 0.4) is 0 Å². The summed E-state index contributed by atoms with van der Waals surface area (Å²) in [6.07, 6.45) is 2.42. The SMILES string of the molecule is Cc1ccc(OCC2CCCNC2)c(Oc2ccc(C(C)C)cc2)n1. The van der Waals surface area contributed by atoms with E-state index in [1.807, 2.05) is 31.2 Å². The fraction of sp³-hybridized carbons (Fsp3) is 0.476. The molecule has 1 aromatic carbocycles. The number of piperidine rings is 1. The minimum absolute atomic E-state index is 0.508. The lowest BCUT2D eigenvalue weighted by molar-refractivity contribution is 0.211. The van der Waals surface area contributed by atoms with Gasteiger partial charge in [-0.1, -0.05) is 26.0 Å². The Morgan fingerprint density at radius 1 is 1.16 bits per heavy atom. The van der Waals surface area contributed by atoms with Crippen LogP contribution >= 0.6 is 0 Å². The van der Waals surface area contributed by atoms with Crippen LogP contribution in [0.25, 0.3) is 0 Å². The molecule has 2 aromatic rings. The van der Waals surface area contributed by atoms with Crippen molar-refractivity contribution in [2.45, 2.75) is 39.5 Å². The van der Waals surface area contributed by atoms with Crippen molar-refractivity contribution in [2.75, 3.05) is 19.7 Å². The number of hydrogen-bond acceptors (Lipinski definition) is 4. The summed E-state index contributed by atoms with van der Waals surface area (Å²) in [5, 5.41) is 3.42. The van der Waals surface area contributed by atoms with E-state index in [1.165, 1.54) is 18.4 Å². The Hall–Kier alpha value is -2.07. The van der Waals surface area contributed by atoms with Crippen LogP contribution in [0.1, 0.15) is 43.9 Å². The van der Waals surface area contributed by atoms with Gasteiger partial charge in [-0.2, -0.15) is 0 Å². The molecule has 4 heteroatoms. The van der Waals surface area contributed by atoms with E-state index in [1.54, 1.807) is 0 Å². The second kappa shape index (κ2) is 8.34. The molecule has 3 rings (SSSR count). The maximum Gasteiger partial charge on any atom is 0.262 e. The van der Waals surface area contributed by atoms with Crippen molar-refractivity contribution in [1.29, 1.82) is 0 Å². The topological polar surface area (TPSA) is 43.4 Å². The Morgan fingerprint density at radius 2 is 1.96 bits per heavy atom. The van der Waals surface area contributed by atoms with Crippen molar-refractivity contribution in [2.24, 2.45) is 5.92 Å². The number of ether oxygens (including phenoxy) is 2. The molecule has 0 bridgehead atoms. The highest BCUT2D eigenvalue weighted by Crippen LogP contribution is 2.31. The van der Waals surface area contributed by atoms with Crippen molar-refractivity contribution >= 4 is 0 Å². The Kier molecular flexibility index (Phi) is 5.92. The summed E-state index contributed by atoms with van der Waals surface area (Å²) >= 11 is 0. The summed E-state index contributed by atoms with van der Waals surface area (Å²) in [6, 6.07) is 12.1. The Balaban J connectivity index is 1.69. The molecule has 1 aliphatic rings. The number of rotatable bonds is 6. The summed E-state index contributed by atoms with van der Waals surface area (Å²) in [5.74, 6) is 3.10. The van der Waals surface area contributed by atoms with Crippen molar-refractivity contribution in [3.8, 4) is 17.4 Å². The lowest BCUT2D eigenvalue weighted by Gasteiger charge is -2.23. The van der Waals surface area contributed by atoms with Crippen LogP contribution in [0.4, 0.5) is 0 Å². The monoisotopic (exact) mass is 340 g/mol. The van der Waals surface area contributed by atoms with Gasteiger partial charge in [-0.25, -0.2) is 4.98 Å². The van der Waals surface area contributed by atoms with Gasteiger partial charge in [0, 0.05) is 18.2 Å². The van der Waals surface area contributed by atoms with E-state index >= 15 is 0 Å². The molecule has 0 saturated carbocycles. The van der Waals surface area contributed by atoms with Crippen LogP contribution < -0.4 is 14.8 Å². The van der Waals surface area contributed by atoms with Gasteiger partial charge in [0.1, 0.15) is 5.75 Å².